The number of Topliss-reactive ketones (excluding diaryl/α,β-unsaturated/α-hetero) is 4. The molecule has 0 unspecified atom stereocenters. The lowest BCUT2D eigenvalue weighted by atomic mass is 9.71. The van der Waals surface area contributed by atoms with Gasteiger partial charge < -0.3 is 19.8 Å². The predicted octanol–water partition coefficient (Wildman–Crippen LogP) is 3.48. The van der Waals surface area contributed by atoms with Gasteiger partial charge in [-0.15, -0.1) is 0 Å². The Morgan fingerprint density at radius 3 is 2.00 bits per heavy atom. The summed E-state index contributed by atoms with van der Waals surface area (Å²) in [6.07, 6.45) is 0. The molecule has 0 spiro atoms. The molecule has 10 heteroatoms. The molecule has 0 bridgehead atoms. The first-order chi connectivity index (χ1) is 16.6. The fraction of sp³-hybridized carbons (Fsp3) is 0.160. The average Bonchev–Trinajstić information content (AvgIpc) is 3.35. The summed E-state index contributed by atoms with van der Waals surface area (Å²) in [6, 6.07) is 9.37. The van der Waals surface area contributed by atoms with Crippen molar-refractivity contribution in [3.8, 4) is 5.75 Å². The van der Waals surface area contributed by atoms with E-state index in [-0.39, 0.29) is 21.5 Å². The Morgan fingerprint density at radius 2 is 1.40 bits per heavy atom. The van der Waals surface area contributed by atoms with Gasteiger partial charge in [0.1, 0.15) is 23.3 Å². The van der Waals surface area contributed by atoms with Crippen molar-refractivity contribution in [2.45, 2.75) is 18.8 Å². The molecule has 1 saturated carbocycles. The Kier molecular flexibility index (Phi) is 5.10. The van der Waals surface area contributed by atoms with Crippen molar-refractivity contribution in [2.24, 2.45) is 0 Å². The Balaban J connectivity index is 1.69. The molecular formula is C25H17ClN2O7. The van der Waals surface area contributed by atoms with Crippen molar-refractivity contribution >= 4 is 62.5 Å². The molecule has 3 N–H and O–H groups in total. The van der Waals surface area contributed by atoms with E-state index < -0.39 is 46.6 Å². The number of aromatic carboxylic acids is 1. The number of hydrogen-bond acceptors (Lipinski definition) is 6. The number of aryl methyl sites for hydroxylation is 1. The smallest absolute Gasteiger partial charge is 0.352 e. The van der Waals surface area contributed by atoms with Crippen LogP contribution in [0.25, 0.3) is 21.8 Å². The van der Waals surface area contributed by atoms with Gasteiger partial charge in [-0.25, -0.2) is 4.79 Å². The predicted molar refractivity (Wildman–Crippen MR) is 125 cm³/mol. The number of nitrogens with one attached hydrogen (secondary N) is 2. The molecule has 5 rings (SSSR count). The van der Waals surface area contributed by atoms with Gasteiger partial charge in [0.15, 0.2) is 0 Å². The van der Waals surface area contributed by atoms with Crippen LogP contribution in [0, 0.1) is 6.92 Å². The van der Waals surface area contributed by atoms with E-state index >= 15 is 0 Å². The summed E-state index contributed by atoms with van der Waals surface area (Å²) in [5, 5.41) is 10.6. The van der Waals surface area contributed by atoms with Crippen LogP contribution in [-0.2, 0) is 19.2 Å². The first-order valence-electron chi connectivity index (χ1n) is 10.5. The Labute approximate surface area is 202 Å². The minimum absolute atomic E-state index is 0.175. The molecule has 0 radical (unpaired) electrons. The molecule has 0 atom stereocenters. The fourth-order valence-corrected chi connectivity index (χ4v) is 4.98. The van der Waals surface area contributed by atoms with Crippen LogP contribution >= 0.6 is 11.6 Å². The lowest BCUT2D eigenvalue weighted by Gasteiger charge is -2.25. The molecule has 2 aromatic carbocycles. The van der Waals surface area contributed by atoms with Crippen molar-refractivity contribution in [3.63, 3.8) is 0 Å². The molecule has 2 aromatic heterocycles. The van der Waals surface area contributed by atoms with Crippen LogP contribution in [0.5, 0.6) is 5.75 Å². The minimum Gasteiger partial charge on any atom is -0.497 e. The minimum atomic E-state index is -1.88. The number of ketones is 4. The number of hydrogen-bond donors (Lipinski definition) is 3. The number of H-pyrrole nitrogens is 2. The van der Waals surface area contributed by atoms with E-state index in [2.05, 4.69) is 9.97 Å². The second-order valence-corrected chi connectivity index (χ2v) is 8.74. The van der Waals surface area contributed by atoms with Gasteiger partial charge in [0.05, 0.1) is 7.11 Å². The molecule has 176 valence electrons. The average molecular weight is 493 g/mol. The van der Waals surface area contributed by atoms with Gasteiger partial charge in [0.25, 0.3) is 0 Å². The van der Waals surface area contributed by atoms with E-state index in [0.29, 0.717) is 27.9 Å². The first-order valence-corrected chi connectivity index (χ1v) is 10.9. The molecule has 0 aliphatic heterocycles. The van der Waals surface area contributed by atoms with E-state index in [9.17, 15) is 29.1 Å². The summed E-state index contributed by atoms with van der Waals surface area (Å²) >= 11 is 6.06. The van der Waals surface area contributed by atoms with Crippen LogP contribution < -0.4 is 4.74 Å². The van der Waals surface area contributed by atoms with Gasteiger partial charge in [-0.05, 0) is 48.9 Å². The van der Waals surface area contributed by atoms with Crippen molar-refractivity contribution in [3.05, 3.63) is 63.9 Å². The molecule has 1 aliphatic carbocycles. The van der Waals surface area contributed by atoms with Crippen LogP contribution in [0.4, 0.5) is 0 Å². The molecule has 0 amide bonds. The summed E-state index contributed by atoms with van der Waals surface area (Å²) in [5.74, 6) is -8.99. The molecule has 1 fully saturated rings. The zero-order valence-electron chi connectivity index (χ0n) is 18.4. The van der Waals surface area contributed by atoms with Gasteiger partial charge >= 0.3 is 5.97 Å². The number of rotatable bonds is 4. The Bertz CT molecular complexity index is 1600. The largest absolute Gasteiger partial charge is 0.497 e. The molecular weight excluding hydrogens is 476 g/mol. The zero-order chi connectivity index (χ0) is 25.2. The van der Waals surface area contributed by atoms with Crippen LogP contribution in [0.2, 0.25) is 5.02 Å². The Morgan fingerprint density at radius 1 is 0.857 bits per heavy atom. The number of ether oxygens (including phenoxy) is 1. The highest BCUT2D eigenvalue weighted by Gasteiger charge is 2.52. The fourth-order valence-electron chi connectivity index (χ4n) is 4.81. The Hall–Kier alpha value is -4.24. The summed E-state index contributed by atoms with van der Waals surface area (Å²) < 4.78 is 5.23. The van der Waals surface area contributed by atoms with Gasteiger partial charge in [-0.1, -0.05) is 11.6 Å². The summed E-state index contributed by atoms with van der Waals surface area (Å²) in [6.45, 7) is 1.63. The number of benzene rings is 2. The second-order valence-electron chi connectivity index (χ2n) is 8.31. The number of carboxylic acid groups (broad SMARTS) is 1. The van der Waals surface area contributed by atoms with Crippen LogP contribution in [0.1, 0.15) is 39.1 Å². The maximum absolute atomic E-state index is 13.4. The highest BCUT2D eigenvalue weighted by molar-refractivity contribution is 6.64. The maximum Gasteiger partial charge on any atom is 0.352 e. The third kappa shape index (κ3) is 3.27. The zero-order valence-corrected chi connectivity index (χ0v) is 19.1. The topological polar surface area (TPSA) is 146 Å². The van der Waals surface area contributed by atoms with Gasteiger partial charge in [0.2, 0.25) is 23.1 Å². The van der Waals surface area contributed by atoms with Crippen LogP contribution in [0.15, 0.2) is 36.4 Å². The lowest BCUT2D eigenvalue weighted by Crippen LogP contribution is -2.46. The van der Waals surface area contributed by atoms with Gasteiger partial charge in [0, 0.05) is 38.1 Å². The summed E-state index contributed by atoms with van der Waals surface area (Å²) in [4.78, 5) is 71.1. The van der Waals surface area contributed by atoms with E-state index in [1.165, 1.54) is 25.3 Å². The number of aromatic nitrogens is 2. The van der Waals surface area contributed by atoms with Crippen molar-refractivity contribution in [1.29, 1.82) is 0 Å². The molecule has 2 heterocycles. The maximum atomic E-state index is 13.4. The van der Waals surface area contributed by atoms with E-state index in [0.717, 1.165) is 0 Å². The molecule has 1 aliphatic rings. The summed E-state index contributed by atoms with van der Waals surface area (Å²) in [5.41, 5.74) is 0.853. The highest BCUT2D eigenvalue weighted by atomic mass is 35.5. The van der Waals surface area contributed by atoms with Crippen LogP contribution in [0.3, 0.4) is 0 Å². The van der Waals surface area contributed by atoms with E-state index in [1.54, 1.807) is 25.1 Å². The number of carboxylic acids is 1. The SMILES string of the molecule is COc1ccc2[nH]c(C)c(C3C(=O)C(=O)C(c4c(C(=O)O)[nH]c5ccc(Cl)cc45)C(=O)C3=O)c2c1. The van der Waals surface area contributed by atoms with E-state index in [1.807, 2.05) is 0 Å². The molecule has 4 aromatic rings. The summed E-state index contributed by atoms with van der Waals surface area (Å²) in [7, 11) is 1.46. The van der Waals surface area contributed by atoms with Gasteiger partial charge in [-0.3, -0.25) is 19.2 Å². The van der Waals surface area contributed by atoms with Gasteiger partial charge in [-0.2, -0.15) is 0 Å². The number of aromatic amines is 2. The number of methoxy groups -OCH3 is 1. The van der Waals surface area contributed by atoms with E-state index in [4.69, 9.17) is 16.3 Å². The quantitative estimate of drug-likeness (QED) is 0.292. The monoisotopic (exact) mass is 492 g/mol. The molecule has 9 nitrogen and oxygen atoms in total. The highest BCUT2D eigenvalue weighted by Crippen LogP contribution is 2.40. The number of halogens is 1. The normalized spacial score (nSPS) is 18.6. The van der Waals surface area contributed by atoms with Crippen molar-refractivity contribution in [1.82, 2.24) is 9.97 Å². The lowest BCUT2D eigenvalue weighted by molar-refractivity contribution is -0.150. The number of fused-ring (bicyclic) bond motifs is 2. The first kappa shape index (κ1) is 22.5. The number of carbonyl (C=O) groups is 5. The molecule has 0 saturated heterocycles. The van der Waals surface area contributed by atoms with Crippen molar-refractivity contribution in [2.75, 3.05) is 7.11 Å². The standard InChI is InChI=1S/C25H17ClN2O7/c1-9-16(13-8-11(35-2)4-6-14(13)27-9)18-21(29)23(31)19(24(32)22(18)30)17-12-7-10(26)3-5-15(12)28-20(17)25(33)34/h3-8,18-19,27-28H,1-2H3,(H,33,34). The second kappa shape index (κ2) is 7.92. The number of carbonyl (C=O) groups excluding carboxylic acids is 4. The van der Waals surface area contributed by atoms with Crippen LogP contribution in [-0.4, -0.2) is 51.3 Å². The van der Waals surface area contributed by atoms with Crippen molar-refractivity contribution < 1.29 is 33.8 Å². The molecule has 35 heavy (non-hydrogen) atoms. The third-order valence-electron chi connectivity index (χ3n) is 6.37. The third-order valence-corrected chi connectivity index (χ3v) is 6.60.